The molecule has 0 aliphatic rings. The molecule has 0 amide bonds. The van der Waals surface area contributed by atoms with E-state index >= 15 is 0 Å². The molecule has 1 atom stereocenters. The van der Waals surface area contributed by atoms with Crippen LogP contribution < -0.4 is 9.47 Å². The van der Waals surface area contributed by atoms with Crippen LogP contribution in [0.4, 0.5) is 0 Å². The van der Waals surface area contributed by atoms with Crippen LogP contribution in [0.25, 0.3) is 0 Å². The van der Waals surface area contributed by atoms with Gasteiger partial charge in [-0.05, 0) is 29.8 Å². The number of rotatable bonds is 5. The lowest BCUT2D eigenvalue weighted by atomic mass is 10.0. The highest BCUT2D eigenvalue weighted by atomic mass is 79.9. The Morgan fingerprint density at radius 2 is 1.90 bits per heavy atom. The molecule has 1 N–H and O–H groups in total. The van der Waals surface area contributed by atoms with E-state index in [-0.39, 0.29) is 0 Å². The fourth-order valence-corrected chi connectivity index (χ4v) is 2.85. The first-order chi connectivity index (χ1) is 10.0. The molecular weight excluding hydrogens is 356 g/mol. The Morgan fingerprint density at radius 3 is 2.52 bits per heavy atom. The largest absolute Gasteiger partial charge is 0.497 e. The Balaban J connectivity index is 2.25. The molecule has 112 valence electrons. The van der Waals surface area contributed by atoms with Gasteiger partial charge in [0.25, 0.3) is 0 Å². The zero-order valence-electron chi connectivity index (χ0n) is 11.8. The van der Waals surface area contributed by atoms with E-state index in [4.69, 9.17) is 21.1 Å². The maximum Gasteiger partial charge on any atom is 0.128 e. The van der Waals surface area contributed by atoms with Gasteiger partial charge < -0.3 is 14.6 Å². The zero-order chi connectivity index (χ0) is 15.4. The molecular formula is C16H16BrClO3. The number of halogens is 2. The molecule has 0 saturated carbocycles. The van der Waals surface area contributed by atoms with Crippen molar-refractivity contribution in [2.45, 2.75) is 12.5 Å². The van der Waals surface area contributed by atoms with Crippen LogP contribution in [0.3, 0.4) is 0 Å². The van der Waals surface area contributed by atoms with Gasteiger partial charge in [-0.2, -0.15) is 0 Å². The molecule has 0 bridgehead atoms. The van der Waals surface area contributed by atoms with Crippen LogP contribution in [0, 0.1) is 0 Å². The molecule has 0 spiro atoms. The third-order valence-corrected chi connectivity index (χ3v) is 4.07. The normalized spacial score (nSPS) is 12.0. The van der Waals surface area contributed by atoms with Gasteiger partial charge in [-0.3, -0.25) is 0 Å². The quantitative estimate of drug-likeness (QED) is 0.847. The Kier molecular flexibility index (Phi) is 5.51. The fourth-order valence-electron chi connectivity index (χ4n) is 2.10. The summed E-state index contributed by atoms with van der Waals surface area (Å²) in [5.74, 6) is 1.28. The predicted octanol–water partition coefficient (Wildman–Crippen LogP) is 4.40. The molecule has 21 heavy (non-hydrogen) atoms. The summed E-state index contributed by atoms with van der Waals surface area (Å²) < 4.78 is 11.4. The zero-order valence-corrected chi connectivity index (χ0v) is 14.1. The van der Waals surface area contributed by atoms with E-state index < -0.39 is 6.10 Å². The summed E-state index contributed by atoms with van der Waals surface area (Å²) in [6, 6.07) is 11.0. The number of aliphatic hydroxyl groups excluding tert-OH is 1. The smallest absolute Gasteiger partial charge is 0.128 e. The Bertz CT molecular complexity index is 631. The lowest BCUT2D eigenvalue weighted by Crippen LogP contribution is -2.05. The molecule has 0 aliphatic heterocycles. The van der Waals surface area contributed by atoms with E-state index in [1.165, 1.54) is 0 Å². The second kappa shape index (κ2) is 7.16. The molecule has 3 nitrogen and oxygen atoms in total. The second-order valence-electron chi connectivity index (χ2n) is 4.56. The van der Waals surface area contributed by atoms with Crippen molar-refractivity contribution in [2.75, 3.05) is 14.2 Å². The third-order valence-electron chi connectivity index (χ3n) is 3.23. The van der Waals surface area contributed by atoms with E-state index in [9.17, 15) is 5.11 Å². The standard InChI is InChI=1S/C16H16BrClO3/c1-20-12-5-6-13(16(9-12)21-2)15(19)7-10-3-4-11(17)8-14(10)18/h3-6,8-9,15,19H,7H2,1-2H3. The fraction of sp³-hybridized carbons (Fsp3) is 0.250. The van der Waals surface area contributed by atoms with Crippen LogP contribution in [0.5, 0.6) is 11.5 Å². The van der Waals surface area contributed by atoms with Gasteiger partial charge in [0.2, 0.25) is 0 Å². The van der Waals surface area contributed by atoms with Crippen LogP contribution in [0.1, 0.15) is 17.2 Å². The van der Waals surface area contributed by atoms with Gasteiger partial charge in [-0.1, -0.05) is 33.6 Å². The minimum Gasteiger partial charge on any atom is -0.497 e. The lowest BCUT2D eigenvalue weighted by molar-refractivity contribution is 0.174. The summed E-state index contributed by atoms with van der Waals surface area (Å²) >= 11 is 9.56. The average Bonchev–Trinajstić information content (AvgIpc) is 2.49. The van der Waals surface area contributed by atoms with Crippen molar-refractivity contribution in [2.24, 2.45) is 0 Å². The van der Waals surface area contributed by atoms with Crippen LogP contribution in [-0.4, -0.2) is 19.3 Å². The van der Waals surface area contributed by atoms with Gasteiger partial charge in [-0.15, -0.1) is 0 Å². The number of hydrogen-bond acceptors (Lipinski definition) is 3. The molecule has 5 heteroatoms. The van der Waals surface area contributed by atoms with Crippen molar-refractivity contribution >= 4 is 27.5 Å². The Hall–Kier alpha value is -1.23. The van der Waals surface area contributed by atoms with Crippen molar-refractivity contribution in [3.05, 3.63) is 57.0 Å². The highest BCUT2D eigenvalue weighted by Crippen LogP contribution is 2.33. The minimum atomic E-state index is -0.704. The summed E-state index contributed by atoms with van der Waals surface area (Å²) in [5, 5.41) is 11.1. The van der Waals surface area contributed by atoms with Crippen LogP contribution in [0.15, 0.2) is 40.9 Å². The molecule has 0 aromatic heterocycles. The summed E-state index contributed by atoms with van der Waals surface area (Å²) in [5.41, 5.74) is 1.59. The van der Waals surface area contributed by atoms with E-state index in [1.807, 2.05) is 18.2 Å². The highest BCUT2D eigenvalue weighted by Gasteiger charge is 2.16. The van der Waals surface area contributed by atoms with Gasteiger partial charge in [0.1, 0.15) is 11.5 Å². The number of methoxy groups -OCH3 is 2. The number of ether oxygens (including phenoxy) is 2. The second-order valence-corrected chi connectivity index (χ2v) is 5.89. The van der Waals surface area contributed by atoms with Crippen LogP contribution in [-0.2, 0) is 6.42 Å². The molecule has 2 aromatic rings. The van der Waals surface area contributed by atoms with E-state index in [1.54, 1.807) is 32.4 Å². The number of aliphatic hydroxyl groups is 1. The minimum absolute atomic E-state index is 0.412. The molecule has 2 aromatic carbocycles. The van der Waals surface area contributed by atoms with Crippen molar-refractivity contribution in [3.8, 4) is 11.5 Å². The predicted molar refractivity (Wildman–Crippen MR) is 87.4 cm³/mol. The van der Waals surface area contributed by atoms with Crippen molar-refractivity contribution in [3.63, 3.8) is 0 Å². The van der Waals surface area contributed by atoms with Gasteiger partial charge in [0.15, 0.2) is 0 Å². The van der Waals surface area contributed by atoms with E-state index in [0.29, 0.717) is 28.5 Å². The molecule has 0 radical (unpaired) electrons. The maximum absolute atomic E-state index is 10.5. The average molecular weight is 372 g/mol. The van der Waals surface area contributed by atoms with Crippen LogP contribution in [0.2, 0.25) is 5.02 Å². The van der Waals surface area contributed by atoms with Crippen molar-refractivity contribution in [1.82, 2.24) is 0 Å². The SMILES string of the molecule is COc1ccc(C(O)Cc2ccc(Br)cc2Cl)c(OC)c1. The lowest BCUT2D eigenvalue weighted by Gasteiger charge is -2.16. The van der Waals surface area contributed by atoms with Crippen LogP contribution >= 0.6 is 27.5 Å². The van der Waals surface area contributed by atoms with Crippen molar-refractivity contribution < 1.29 is 14.6 Å². The van der Waals surface area contributed by atoms with Gasteiger partial charge in [0, 0.05) is 27.5 Å². The van der Waals surface area contributed by atoms with Gasteiger partial charge in [0.05, 0.1) is 20.3 Å². The first-order valence-corrected chi connectivity index (χ1v) is 7.56. The summed E-state index contributed by atoms with van der Waals surface area (Å²) in [7, 11) is 3.16. The summed E-state index contributed by atoms with van der Waals surface area (Å²) in [6.07, 6.45) is -0.293. The molecule has 0 heterocycles. The van der Waals surface area contributed by atoms with Crippen molar-refractivity contribution in [1.29, 1.82) is 0 Å². The van der Waals surface area contributed by atoms with Gasteiger partial charge in [-0.25, -0.2) is 0 Å². The Morgan fingerprint density at radius 1 is 1.14 bits per heavy atom. The first-order valence-electron chi connectivity index (χ1n) is 6.39. The molecule has 0 aliphatic carbocycles. The first kappa shape index (κ1) is 16.1. The molecule has 2 rings (SSSR count). The third kappa shape index (κ3) is 3.90. The summed E-state index contributed by atoms with van der Waals surface area (Å²) in [4.78, 5) is 0. The molecule has 0 fully saturated rings. The maximum atomic E-state index is 10.5. The highest BCUT2D eigenvalue weighted by molar-refractivity contribution is 9.10. The molecule has 0 saturated heterocycles. The number of benzene rings is 2. The van der Waals surface area contributed by atoms with Gasteiger partial charge >= 0.3 is 0 Å². The molecule has 1 unspecified atom stereocenters. The monoisotopic (exact) mass is 370 g/mol. The summed E-state index contributed by atoms with van der Waals surface area (Å²) in [6.45, 7) is 0. The number of hydrogen-bond donors (Lipinski definition) is 1. The topological polar surface area (TPSA) is 38.7 Å². The van der Waals surface area contributed by atoms with E-state index in [0.717, 1.165) is 10.0 Å². The Labute approximate surface area is 137 Å². The van der Waals surface area contributed by atoms with E-state index in [2.05, 4.69) is 15.9 Å².